The van der Waals surface area contributed by atoms with Crippen LogP contribution in [0.1, 0.15) is 0 Å². The van der Waals surface area contributed by atoms with Crippen molar-refractivity contribution in [3.8, 4) is 11.5 Å². The molecule has 0 aliphatic heterocycles. The molecule has 0 bridgehead atoms. The van der Waals surface area contributed by atoms with Gasteiger partial charge in [-0.05, 0) is 6.07 Å². The van der Waals surface area contributed by atoms with Gasteiger partial charge in [-0.1, -0.05) is 11.6 Å². The average molecular weight is 327 g/mol. The number of benzene rings is 1. The van der Waals surface area contributed by atoms with E-state index in [1.165, 1.54) is 26.4 Å². The first-order chi connectivity index (χ1) is 9.76. The molecule has 5 nitrogen and oxygen atoms in total. The molecule has 9 heteroatoms. The Hall–Kier alpha value is -1.83. The van der Waals surface area contributed by atoms with Gasteiger partial charge in [-0.2, -0.15) is 13.2 Å². The van der Waals surface area contributed by atoms with Crippen LogP contribution < -0.4 is 20.1 Å². The summed E-state index contributed by atoms with van der Waals surface area (Å²) < 4.78 is 45.9. The second kappa shape index (κ2) is 7.26. The second-order valence-electron chi connectivity index (χ2n) is 3.93. The van der Waals surface area contributed by atoms with Crippen LogP contribution in [0.2, 0.25) is 5.02 Å². The number of rotatable bonds is 6. The molecule has 0 aliphatic carbocycles. The molecule has 1 amide bonds. The molecular formula is C12H14ClF3N2O3. The van der Waals surface area contributed by atoms with E-state index in [1.807, 2.05) is 0 Å². The third-order valence-corrected chi connectivity index (χ3v) is 2.69. The maximum Gasteiger partial charge on any atom is 0.405 e. The minimum absolute atomic E-state index is 0.275. The topological polar surface area (TPSA) is 59.6 Å². The standard InChI is InChI=1S/C12H14ClF3N2O3/c1-20-9-4-10(21-2)8(3-7(9)13)17-5-11(19)18-6-12(14,15)16/h3-4,17H,5-6H2,1-2H3,(H,18,19). The van der Waals surface area contributed by atoms with Crippen LogP contribution in [-0.4, -0.2) is 39.4 Å². The first-order valence-corrected chi connectivity index (χ1v) is 6.13. The van der Waals surface area contributed by atoms with Gasteiger partial charge in [-0.15, -0.1) is 0 Å². The fraction of sp³-hybridized carbons (Fsp3) is 0.417. The zero-order valence-corrected chi connectivity index (χ0v) is 12.1. The predicted molar refractivity (Wildman–Crippen MR) is 72.1 cm³/mol. The SMILES string of the molecule is COc1cc(OC)c(NCC(=O)NCC(F)(F)F)cc1Cl. The van der Waals surface area contributed by atoms with E-state index in [0.29, 0.717) is 17.2 Å². The summed E-state index contributed by atoms with van der Waals surface area (Å²) in [4.78, 5) is 11.3. The van der Waals surface area contributed by atoms with Crippen LogP contribution in [0.3, 0.4) is 0 Å². The van der Waals surface area contributed by atoms with Crippen molar-refractivity contribution in [2.45, 2.75) is 6.18 Å². The smallest absolute Gasteiger partial charge is 0.405 e. The number of anilines is 1. The van der Waals surface area contributed by atoms with Gasteiger partial charge in [0.05, 0.1) is 31.5 Å². The lowest BCUT2D eigenvalue weighted by Gasteiger charge is -2.14. The summed E-state index contributed by atoms with van der Waals surface area (Å²) in [6.45, 7) is -1.73. The van der Waals surface area contributed by atoms with Gasteiger partial charge in [-0.3, -0.25) is 4.79 Å². The Kier molecular flexibility index (Phi) is 5.95. The van der Waals surface area contributed by atoms with Gasteiger partial charge in [0.15, 0.2) is 0 Å². The number of methoxy groups -OCH3 is 2. The molecule has 0 atom stereocenters. The summed E-state index contributed by atoms with van der Waals surface area (Å²) in [6, 6.07) is 2.95. The molecule has 0 saturated heterocycles. The molecule has 0 aromatic heterocycles. The number of carbonyl (C=O) groups excluding carboxylic acids is 1. The Labute approximate surface area is 124 Å². The normalized spacial score (nSPS) is 11.0. The summed E-state index contributed by atoms with van der Waals surface area (Å²) in [5, 5.41) is 4.67. The number of carbonyl (C=O) groups is 1. The highest BCUT2D eigenvalue weighted by Crippen LogP contribution is 2.35. The van der Waals surface area contributed by atoms with Crippen LogP contribution in [0.25, 0.3) is 0 Å². The summed E-state index contributed by atoms with van der Waals surface area (Å²) in [7, 11) is 2.83. The minimum atomic E-state index is -4.45. The number of amides is 1. The third kappa shape index (κ3) is 5.58. The van der Waals surface area contributed by atoms with Gasteiger partial charge in [0.1, 0.15) is 18.0 Å². The molecule has 2 N–H and O–H groups in total. The van der Waals surface area contributed by atoms with Gasteiger partial charge in [0.25, 0.3) is 0 Å². The summed E-state index contributed by atoms with van der Waals surface area (Å²) in [5.74, 6) is -0.0817. The summed E-state index contributed by atoms with van der Waals surface area (Å²) in [5.41, 5.74) is 0.366. The first kappa shape index (κ1) is 17.2. The number of hydrogen-bond acceptors (Lipinski definition) is 4. The van der Waals surface area contributed by atoms with E-state index in [0.717, 1.165) is 0 Å². The number of halogens is 4. The Bertz CT molecular complexity index is 509. The van der Waals surface area contributed by atoms with E-state index in [-0.39, 0.29) is 11.6 Å². The largest absolute Gasteiger partial charge is 0.495 e. The highest BCUT2D eigenvalue weighted by Gasteiger charge is 2.27. The van der Waals surface area contributed by atoms with Crippen molar-refractivity contribution in [2.24, 2.45) is 0 Å². The molecule has 118 valence electrons. The zero-order valence-electron chi connectivity index (χ0n) is 11.3. The quantitative estimate of drug-likeness (QED) is 0.843. The Morgan fingerprint density at radius 3 is 2.38 bits per heavy atom. The number of nitrogens with one attached hydrogen (secondary N) is 2. The highest BCUT2D eigenvalue weighted by atomic mass is 35.5. The lowest BCUT2D eigenvalue weighted by Crippen LogP contribution is -2.37. The molecular weight excluding hydrogens is 313 g/mol. The molecule has 21 heavy (non-hydrogen) atoms. The maximum absolute atomic E-state index is 11.9. The molecule has 0 heterocycles. The van der Waals surface area contributed by atoms with Crippen LogP contribution >= 0.6 is 11.6 Å². The van der Waals surface area contributed by atoms with Crippen molar-refractivity contribution in [3.63, 3.8) is 0 Å². The van der Waals surface area contributed by atoms with Crippen LogP contribution in [-0.2, 0) is 4.79 Å². The Morgan fingerprint density at radius 2 is 1.86 bits per heavy atom. The van der Waals surface area contributed by atoms with E-state index < -0.39 is 18.6 Å². The molecule has 0 aliphatic rings. The van der Waals surface area contributed by atoms with E-state index in [2.05, 4.69) is 5.32 Å². The van der Waals surface area contributed by atoms with Gasteiger partial charge in [0, 0.05) is 6.07 Å². The lowest BCUT2D eigenvalue weighted by molar-refractivity contribution is -0.137. The second-order valence-corrected chi connectivity index (χ2v) is 4.34. The van der Waals surface area contributed by atoms with Crippen LogP contribution in [0.5, 0.6) is 11.5 Å². The van der Waals surface area contributed by atoms with E-state index in [1.54, 1.807) is 5.32 Å². The maximum atomic E-state index is 11.9. The monoisotopic (exact) mass is 326 g/mol. The molecule has 1 aromatic rings. The van der Waals surface area contributed by atoms with Gasteiger partial charge in [-0.25, -0.2) is 0 Å². The first-order valence-electron chi connectivity index (χ1n) is 5.75. The highest BCUT2D eigenvalue weighted by molar-refractivity contribution is 6.32. The van der Waals surface area contributed by atoms with Crippen molar-refractivity contribution >= 4 is 23.2 Å². The van der Waals surface area contributed by atoms with Crippen LogP contribution in [0, 0.1) is 0 Å². The molecule has 0 saturated carbocycles. The van der Waals surface area contributed by atoms with Gasteiger partial charge in [0.2, 0.25) is 5.91 Å². The molecule has 0 fully saturated rings. The number of ether oxygens (including phenoxy) is 2. The molecule has 1 aromatic carbocycles. The Morgan fingerprint density at radius 1 is 1.24 bits per heavy atom. The molecule has 0 unspecified atom stereocenters. The van der Waals surface area contributed by atoms with Crippen LogP contribution in [0.15, 0.2) is 12.1 Å². The van der Waals surface area contributed by atoms with E-state index in [4.69, 9.17) is 21.1 Å². The predicted octanol–water partition coefficient (Wildman–Crippen LogP) is 2.45. The van der Waals surface area contributed by atoms with Crippen molar-refractivity contribution in [1.82, 2.24) is 5.32 Å². The number of hydrogen-bond donors (Lipinski definition) is 2. The zero-order chi connectivity index (χ0) is 16.0. The summed E-state index contributed by atoms with van der Waals surface area (Å²) in [6.07, 6.45) is -4.45. The molecule has 0 spiro atoms. The van der Waals surface area contributed by atoms with E-state index >= 15 is 0 Å². The van der Waals surface area contributed by atoms with Crippen molar-refractivity contribution in [1.29, 1.82) is 0 Å². The van der Waals surface area contributed by atoms with E-state index in [9.17, 15) is 18.0 Å². The van der Waals surface area contributed by atoms with Crippen LogP contribution in [0.4, 0.5) is 18.9 Å². The average Bonchev–Trinajstić information content (AvgIpc) is 2.42. The van der Waals surface area contributed by atoms with Crippen molar-refractivity contribution in [2.75, 3.05) is 32.6 Å². The third-order valence-electron chi connectivity index (χ3n) is 2.40. The van der Waals surface area contributed by atoms with Gasteiger partial charge < -0.3 is 20.1 Å². The molecule has 1 rings (SSSR count). The molecule has 0 radical (unpaired) electrons. The summed E-state index contributed by atoms with van der Waals surface area (Å²) >= 11 is 5.92. The fourth-order valence-electron chi connectivity index (χ4n) is 1.44. The Balaban J connectivity index is 2.66. The lowest BCUT2D eigenvalue weighted by atomic mass is 10.2. The number of alkyl halides is 3. The van der Waals surface area contributed by atoms with Crippen molar-refractivity contribution < 1.29 is 27.4 Å². The van der Waals surface area contributed by atoms with Gasteiger partial charge >= 0.3 is 6.18 Å². The fourth-order valence-corrected chi connectivity index (χ4v) is 1.68. The minimum Gasteiger partial charge on any atom is -0.495 e. The van der Waals surface area contributed by atoms with Crippen molar-refractivity contribution in [3.05, 3.63) is 17.2 Å².